The molecule has 10 heteroatoms. The van der Waals surface area contributed by atoms with E-state index in [1.165, 1.54) is 25.2 Å². The van der Waals surface area contributed by atoms with Crippen molar-refractivity contribution in [2.45, 2.75) is 5.03 Å². The van der Waals surface area contributed by atoms with E-state index >= 15 is 0 Å². The second kappa shape index (κ2) is 7.02. The summed E-state index contributed by atoms with van der Waals surface area (Å²) in [6.07, 6.45) is 1.42. The number of nitrogens with zero attached hydrogens (tertiary/aromatic N) is 5. The number of fused-ring (bicyclic) bond motifs is 1. The molecule has 2 heterocycles. The van der Waals surface area contributed by atoms with Gasteiger partial charge in [0.25, 0.3) is 0 Å². The molecule has 8 nitrogen and oxygen atoms in total. The van der Waals surface area contributed by atoms with Gasteiger partial charge in [-0.1, -0.05) is 28.6 Å². The van der Waals surface area contributed by atoms with Crippen LogP contribution in [0.1, 0.15) is 0 Å². The number of ether oxygens (including phenoxy) is 1. The van der Waals surface area contributed by atoms with E-state index in [2.05, 4.69) is 25.6 Å². The maximum absolute atomic E-state index is 12.2. The Hall–Kier alpha value is -2.39. The fourth-order valence-electron chi connectivity index (χ4n) is 2.04. The van der Waals surface area contributed by atoms with Gasteiger partial charge in [-0.05, 0) is 18.2 Å². The first-order valence-corrected chi connectivity index (χ1v) is 8.21. The van der Waals surface area contributed by atoms with E-state index in [9.17, 15) is 4.79 Å². The summed E-state index contributed by atoms with van der Waals surface area (Å²) < 4.78 is 6.76. The highest BCUT2D eigenvalue weighted by molar-refractivity contribution is 8.00. The van der Waals surface area contributed by atoms with Crippen molar-refractivity contribution < 1.29 is 9.53 Å². The number of nitrogens with one attached hydrogen (secondary N) is 1. The lowest BCUT2D eigenvalue weighted by atomic mass is 10.3. The molecule has 0 saturated carbocycles. The minimum absolute atomic E-state index is 0.151. The van der Waals surface area contributed by atoms with Crippen LogP contribution in [0.3, 0.4) is 0 Å². The number of methoxy groups -OCH3 is 1. The minimum atomic E-state index is -0.212. The van der Waals surface area contributed by atoms with Gasteiger partial charge in [-0.2, -0.15) is 0 Å². The SMILES string of the molecule is COc1ccc(Cl)cc1NC(=O)CSc1ncnc2c1nnn2C. The van der Waals surface area contributed by atoms with Crippen LogP contribution in [0.15, 0.2) is 29.6 Å². The maximum atomic E-state index is 12.2. The largest absolute Gasteiger partial charge is 0.495 e. The summed E-state index contributed by atoms with van der Waals surface area (Å²) in [6, 6.07) is 5.02. The number of halogens is 1. The number of rotatable bonds is 5. The van der Waals surface area contributed by atoms with Gasteiger partial charge in [0.15, 0.2) is 11.2 Å². The van der Waals surface area contributed by atoms with Crippen molar-refractivity contribution in [3.63, 3.8) is 0 Å². The van der Waals surface area contributed by atoms with Crippen molar-refractivity contribution in [3.05, 3.63) is 29.5 Å². The molecule has 24 heavy (non-hydrogen) atoms. The number of benzene rings is 1. The van der Waals surface area contributed by atoms with Gasteiger partial charge in [0.2, 0.25) is 5.91 Å². The second-order valence-electron chi connectivity index (χ2n) is 4.75. The molecule has 1 aromatic carbocycles. The Morgan fingerprint density at radius 2 is 2.25 bits per heavy atom. The normalized spacial score (nSPS) is 10.8. The number of aryl methyl sites for hydroxylation is 1. The Kier molecular flexibility index (Phi) is 4.81. The standard InChI is InChI=1S/C14H13ClN6O2S/c1-21-13-12(19-20-21)14(17-7-16-13)24-6-11(22)18-9-5-8(15)3-4-10(9)23-2/h3-5,7H,6H2,1-2H3,(H,18,22). The summed E-state index contributed by atoms with van der Waals surface area (Å²) >= 11 is 7.21. The Balaban J connectivity index is 1.70. The summed E-state index contributed by atoms with van der Waals surface area (Å²) in [5, 5.41) is 11.8. The number of amides is 1. The first-order valence-electron chi connectivity index (χ1n) is 6.85. The van der Waals surface area contributed by atoms with Crippen LogP contribution in [0.2, 0.25) is 5.02 Å². The topological polar surface area (TPSA) is 94.8 Å². The summed E-state index contributed by atoms with van der Waals surface area (Å²) in [5.41, 5.74) is 1.70. The number of hydrogen-bond donors (Lipinski definition) is 1. The molecule has 0 radical (unpaired) electrons. The Morgan fingerprint density at radius 3 is 3.04 bits per heavy atom. The molecule has 0 aliphatic rings. The molecule has 2 aromatic heterocycles. The Bertz CT molecular complexity index is 900. The zero-order chi connectivity index (χ0) is 17.1. The highest BCUT2D eigenvalue weighted by Gasteiger charge is 2.13. The first-order chi connectivity index (χ1) is 11.6. The predicted octanol–water partition coefficient (Wildman–Crippen LogP) is 2.15. The van der Waals surface area contributed by atoms with Gasteiger partial charge in [-0.3, -0.25) is 4.79 Å². The number of carbonyl (C=O) groups is 1. The molecule has 3 rings (SSSR count). The van der Waals surface area contributed by atoms with Crippen molar-refractivity contribution in [2.75, 3.05) is 18.2 Å². The smallest absolute Gasteiger partial charge is 0.234 e. The van der Waals surface area contributed by atoms with Crippen LogP contribution in [0.4, 0.5) is 5.69 Å². The van der Waals surface area contributed by atoms with Crippen LogP contribution in [0, 0.1) is 0 Å². The van der Waals surface area contributed by atoms with E-state index < -0.39 is 0 Å². The molecule has 1 amide bonds. The van der Waals surface area contributed by atoms with E-state index in [4.69, 9.17) is 16.3 Å². The molecule has 1 N–H and O–H groups in total. The van der Waals surface area contributed by atoms with Crippen molar-refractivity contribution in [1.82, 2.24) is 25.0 Å². The van der Waals surface area contributed by atoms with Crippen LogP contribution < -0.4 is 10.1 Å². The summed E-state index contributed by atoms with van der Waals surface area (Å²) in [4.78, 5) is 20.5. The molecule has 0 fully saturated rings. The Labute approximate surface area is 146 Å². The van der Waals surface area contributed by atoms with Gasteiger partial charge in [0.05, 0.1) is 18.6 Å². The number of aromatic nitrogens is 5. The van der Waals surface area contributed by atoms with Crippen LogP contribution in [0.5, 0.6) is 5.75 Å². The fraction of sp³-hybridized carbons (Fsp3) is 0.214. The lowest BCUT2D eigenvalue weighted by Gasteiger charge is -2.10. The van der Waals surface area contributed by atoms with Crippen LogP contribution >= 0.6 is 23.4 Å². The zero-order valence-electron chi connectivity index (χ0n) is 12.9. The monoisotopic (exact) mass is 364 g/mol. The number of anilines is 1. The zero-order valence-corrected chi connectivity index (χ0v) is 14.4. The van der Waals surface area contributed by atoms with Gasteiger partial charge in [0, 0.05) is 12.1 Å². The molecule has 0 atom stereocenters. The van der Waals surface area contributed by atoms with E-state index in [0.29, 0.717) is 32.6 Å². The molecule has 0 spiro atoms. The predicted molar refractivity (Wildman–Crippen MR) is 91.5 cm³/mol. The second-order valence-corrected chi connectivity index (χ2v) is 6.15. The lowest BCUT2D eigenvalue weighted by Crippen LogP contribution is -2.14. The van der Waals surface area contributed by atoms with Gasteiger partial charge in [0.1, 0.15) is 17.1 Å². The van der Waals surface area contributed by atoms with E-state index in [0.717, 1.165) is 0 Å². The van der Waals surface area contributed by atoms with Gasteiger partial charge in [-0.15, -0.1) is 5.10 Å². The summed E-state index contributed by atoms with van der Waals surface area (Å²) in [7, 11) is 3.27. The molecule has 0 saturated heterocycles. The van der Waals surface area contributed by atoms with Crippen molar-refractivity contribution >= 4 is 46.1 Å². The first kappa shape index (κ1) is 16.5. The molecule has 3 aromatic rings. The average Bonchev–Trinajstić information content (AvgIpc) is 2.95. The fourth-order valence-corrected chi connectivity index (χ4v) is 2.94. The number of carbonyl (C=O) groups excluding carboxylic acids is 1. The van der Waals surface area contributed by atoms with Crippen LogP contribution in [-0.4, -0.2) is 43.7 Å². The average molecular weight is 365 g/mol. The molecule has 0 unspecified atom stereocenters. The van der Waals surface area contributed by atoms with E-state index in [-0.39, 0.29) is 11.7 Å². The van der Waals surface area contributed by atoms with Crippen molar-refractivity contribution in [2.24, 2.45) is 7.05 Å². The maximum Gasteiger partial charge on any atom is 0.234 e. The van der Waals surface area contributed by atoms with Gasteiger partial charge < -0.3 is 10.1 Å². The molecule has 0 aliphatic carbocycles. The molecular weight excluding hydrogens is 352 g/mol. The summed E-state index contributed by atoms with van der Waals surface area (Å²) in [6.45, 7) is 0. The van der Waals surface area contributed by atoms with Gasteiger partial charge in [-0.25, -0.2) is 14.6 Å². The van der Waals surface area contributed by atoms with Gasteiger partial charge >= 0.3 is 0 Å². The molecule has 0 aliphatic heterocycles. The minimum Gasteiger partial charge on any atom is -0.495 e. The molecular formula is C14H13ClN6O2S. The highest BCUT2D eigenvalue weighted by Crippen LogP contribution is 2.28. The molecule has 0 bridgehead atoms. The van der Waals surface area contributed by atoms with Crippen LogP contribution in [0.25, 0.3) is 11.2 Å². The van der Waals surface area contributed by atoms with E-state index in [1.54, 1.807) is 29.9 Å². The lowest BCUT2D eigenvalue weighted by molar-refractivity contribution is -0.113. The quantitative estimate of drug-likeness (QED) is 0.547. The third kappa shape index (κ3) is 3.41. The van der Waals surface area contributed by atoms with Crippen molar-refractivity contribution in [1.29, 1.82) is 0 Å². The number of thioether (sulfide) groups is 1. The number of hydrogen-bond acceptors (Lipinski definition) is 7. The third-order valence-electron chi connectivity index (χ3n) is 3.13. The third-order valence-corrected chi connectivity index (χ3v) is 4.34. The van der Waals surface area contributed by atoms with Crippen molar-refractivity contribution in [3.8, 4) is 5.75 Å². The molecule has 124 valence electrons. The summed E-state index contributed by atoms with van der Waals surface area (Å²) in [5.74, 6) is 0.477. The highest BCUT2D eigenvalue weighted by atomic mass is 35.5. The Morgan fingerprint density at radius 1 is 1.42 bits per heavy atom. The van der Waals surface area contributed by atoms with Crippen LogP contribution in [-0.2, 0) is 11.8 Å². The van der Waals surface area contributed by atoms with E-state index in [1.807, 2.05) is 0 Å².